The van der Waals surface area contributed by atoms with Crippen LogP contribution >= 0.6 is 0 Å². The molecule has 0 spiro atoms. The van der Waals surface area contributed by atoms with E-state index in [1.165, 1.54) is 21.0 Å². The van der Waals surface area contributed by atoms with E-state index in [1.807, 2.05) is 0 Å². The summed E-state index contributed by atoms with van der Waals surface area (Å²) in [6, 6.07) is 0. The minimum atomic E-state index is -1.12. The van der Waals surface area contributed by atoms with Crippen LogP contribution in [0.15, 0.2) is 0 Å². The minimum Gasteiger partial charge on any atom is -0.467 e. The van der Waals surface area contributed by atoms with Gasteiger partial charge in [-0.1, -0.05) is 0 Å². The number of hydrogen-bond donors (Lipinski definition) is 0. The normalized spacial score (nSPS) is 28.4. The predicted octanol–water partition coefficient (Wildman–Crippen LogP) is -0.190. The van der Waals surface area contributed by atoms with Gasteiger partial charge in [-0.3, -0.25) is 0 Å². The molecule has 1 heterocycles. The maximum atomic E-state index is 10.9. The van der Waals surface area contributed by atoms with Gasteiger partial charge < -0.3 is 18.9 Å². The maximum Gasteiger partial charge on any atom is 0.339 e. The van der Waals surface area contributed by atoms with Crippen molar-refractivity contribution in [3.05, 3.63) is 0 Å². The van der Waals surface area contributed by atoms with E-state index in [0.29, 0.717) is 0 Å². The van der Waals surface area contributed by atoms with Crippen LogP contribution in [0.1, 0.15) is 13.8 Å². The van der Waals surface area contributed by atoms with Crippen LogP contribution in [-0.2, 0) is 28.5 Å². The molecule has 0 aliphatic carbocycles. The second-order valence-electron chi connectivity index (χ2n) is 2.81. The molecule has 0 amide bonds. The fourth-order valence-electron chi connectivity index (χ4n) is 0.889. The summed E-state index contributed by atoms with van der Waals surface area (Å²) in [4.78, 5) is 21.8. The number of hydrogen-bond acceptors (Lipinski definition) is 6. The first-order chi connectivity index (χ1) is 6.54. The highest BCUT2D eigenvalue weighted by Gasteiger charge is 2.34. The van der Waals surface area contributed by atoms with Gasteiger partial charge >= 0.3 is 18.4 Å². The van der Waals surface area contributed by atoms with Gasteiger partial charge in [-0.05, 0) is 13.8 Å². The molecule has 0 saturated carbocycles. The lowest BCUT2D eigenvalue weighted by molar-refractivity contribution is -0.253. The topological polar surface area (TPSA) is 71.1 Å². The highest BCUT2D eigenvalue weighted by molar-refractivity contribution is 5.76. The Labute approximate surface area is 81.1 Å². The Balaban J connectivity index is 2.39. The van der Waals surface area contributed by atoms with Crippen LogP contribution in [0.3, 0.4) is 0 Å². The van der Waals surface area contributed by atoms with Crippen molar-refractivity contribution in [1.29, 1.82) is 0 Å². The zero-order valence-corrected chi connectivity index (χ0v) is 8.18. The molecule has 6 nitrogen and oxygen atoms in total. The standard InChI is InChI=1S/C8H12O6/c1-4(6(9)11-3)12-8-13-5(2)7(10)14-8/h4-5,8H,1-3H3/t4?,5?,8-/m1/s1. The quantitative estimate of drug-likeness (QED) is 0.593. The number of ether oxygens (including phenoxy) is 4. The first-order valence-corrected chi connectivity index (χ1v) is 4.14. The summed E-state index contributed by atoms with van der Waals surface area (Å²) >= 11 is 0. The van der Waals surface area contributed by atoms with Gasteiger partial charge in [-0.15, -0.1) is 0 Å². The molecule has 0 aromatic rings. The Bertz CT molecular complexity index is 238. The molecule has 0 aromatic carbocycles. The Morgan fingerprint density at radius 3 is 2.64 bits per heavy atom. The molecule has 14 heavy (non-hydrogen) atoms. The molecule has 0 aromatic heterocycles. The molecule has 0 radical (unpaired) electrons. The molecule has 1 fully saturated rings. The molecule has 1 aliphatic heterocycles. The number of carbonyl (C=O) groups is 2. The predicted molar refractivity (Wildman–Crippen MR) is 43.0 cm³/mol. The summed E-state index contributed by atoms with van der Waals surface area (Å²) in [6.45, 7) is 1.90. The van der Waals surface area contributed by atoms with E-state index in [1.54, 1.807) is 0 Å². The molecular formula is C8H12O6. The molecule has 2 unspecified atom stereocenters. The Morgan fingerprint density at radius 1 is 1.57 bits per heavy atom. The van der Waals surface area contributed by atoms with Crippen LogP contribution in [0, 0.1) is 0 Å². The van der Waals surface area contributed by atoms with Crippen LogP contribution in [0.4, 0.5) is 0 Å². The van der Waals surface area contributed by atoms with Gasteiger partial charge in [0, 0.05) is 0 Å². The van der Waals surface area contributed by atoms with Crippen LogP contribution in [0.2, 0.25) is 0 Å². The number of cyclic esters (lactones) is 1. The SMILES string of the molecule is COC(=O)C(C)O[C@H]1OC(=O)C(C)O1. The molecule has 0 bridgehead atoms. The third-order valence-corrected chi connectivity index (χ3v) is 1.71. The van der Waals surface area contributed by atoms with E-state index in [2.05, 4.69) is 9.47 Å². The van der Waals surface area contributed by atoms with Gasteiger partial charge in [0.2, 0.25) is 0 Å². The molecule has 1 rings (SSSR count). The monoisotopic (exact) mass is 204 g/mol. The highest BCUT2D eigenvalue weighted by atomic mass is 16.9. The second-order valence-corrected chi connectivity index (χ2v) is 2.81. The molecule has 6 heteroatoms. The van der Waals surface area contributed by atoms with Gasteiger partial charge in [0.05, 0.1) is 7.11 Å². The first-order valence-electron chi connectivity index (χ1n) is 4.14. The van der Waals surface area contributed by atoms with Crippen LogP contribution in [0.5, 0.6) is 0 Å². The molecule has 80 valence electrons. The van der Waals surface area contributed by atoms with Gasteiger partial charge in [-0.2, -0.15) is 0 Å². The summed E-state index contributed by atoms with van der Waals surface area (Å²) in [5, 5.41) is 0. The molecule has 3 atom stereocenters. The van der Waals surface area contributed by atoms with Gasteiger partial charge in [0.25, 0.3) is 0 Å². The Morgan fingerprint density at radius 2 is 2.21 bits per heavy atom. The van der Waals surface area contributed by atoms with E-state index in [4.69, 9.17) is 9.47 Å². The van der Waals surface area contributed by atoms with Crippen molar-refractivity contribution in [2.45, 2.75) is 32.5 Å². The van der Waals surface area contributed by atoms with Crippen LogP contribution < -0.4 is 0 Å². The molecule has 1 saturated heterocycles. The fourth-order valence-corrected chi connectivity index (χ4v) is 0.889. The number of carbonyl (C=O) groups excluding carboxylic acids is 2. The third-order valence-electron chi connectivity index (χ3n) is 1.71. The van der Waals surface area contributed by atoms with Crippen molar-refractivity contribution in [3.63, 3.8) is 0 Å². The summed E-state index contributed by atoms with van der Waals surface area (Å²) in [5.74, 6) is -1.06. The number of esters is 2. The maximum absolute atomic E-state index is 10.9. The van der Waals surface area contributed by atoms with Gasteiger partial charge in [0.15, 0.2) is 12.2 Å². The lowest BCUT2D eigenvalue weighted by Gasteiger charge is -2.14. The minimum absolute atomic E-state index is 0.507. The molecule has 0 N–H and O–H groups in total. The summed E-state index contributed by atoms with van der Waals surface area (Å²) in [7, 11) is 1.24. The van der Waals surface area contributed by atoms with Crippen LogP contribution in [0.25, 0.3) is 0 Å². The van der Waals surface area contributed by atoms with Gasteiger partial charge in [0.1, 0.15) is 0 Å². The summed E-state index contributed by atoms with van der Waals surface area (Å²) < 4.78 is 19.0. The largest absolute Gasteiger partial charge is 0.467 e. The summed E-state index contributed by atoms with van der Waals surface area (Å²) in [5.41, 5.74) is 0. The van der Waals surface area contributed by atoms with Crippen molar-refractivity contribution < 1.29 is 28.5 Å². The van der Waals surface area contributed by atoms with Crippen molar-refractivity contribution in [2.75, 3.05) is 7.11 Å². The molecular weight excluding hydrogens is 192 g/mol. The van der Waals surface area contributed by atoms with E-state index < -0.39 is 30.6 Å². The zero-order valence-electron chi connectivity index (χ0n) is 8.18. The average molecular weight is 204 g/mol. The Kier molecular flexibility index (Phi) is 3.43. The second kappa shape index (κ2) is 4.39. The fraction of sp³-hybridized carbons (Fsp3) is 0.750. The van der Waals surface area contributed by atoms with Crippen molar-refractivity contribution in [1.82, 2.24) is 0 Å². The van der Waals surface area contributed by atoms with E-state index >= 15 is 0 Å². The lowest BCUT2D eigenvalue weighted by Crippen LogP contribution is -2.28. The number of rotatable bonds is 3. The van der Waals surface area contributed by atoms with Crippen LogP contribution in [-0.4, -0.2) is 37.7 Å². The summed E-state index contributed by atoms with van der Waals surface area (Å²) in [6.07, 6.45) is -1.49. The lowest BCUT2D eigenvalue weighted by atomic mass is 10.4. The van der Waals surface area contributed by atoms with E-state index in [0.717, 1.165) is 0 Å². The van der Waals surface area contributed by atoms with Gasteiger partial charge in [-0.25, -0.2) is 9.59 Å². The van der Waals surface area contributed by atoms with Crippen molar-refractivity contribution >= 4 is 11.9 Å². The van der Waals surface area contributed by atoms with Crippen molar-refractivity contribution in [3.8, 4) is 0 Å². The highest BCUT2D eigenvalue weighted by Crippen LogP contribution is 2.15. The zero-order chi connectivity index (χ0) is 10.7. The smallest absolute Gasteiger partial charge is 0.339 e. The average Bonchev–Trinajstić information content (AvgIpc) is 2.44. The first kappa shape index (κ1) is 10.9. The van der Waals surface area contributed by atoms with E-state index in [-0.39, 0.29) is 0 Å². The van der Waals surface area contributed by atoms with Crippen molar-refractivity contribution in [2.24, 2.45) is 0 Å². The van der Waals surface area contributed by atoms with E-state index in [9.17, 15) is 9.59 Å². The molecule has 1 aliphatic rings. The number of methoxy groups -OCH3 is 1. The Hall–Kier alpha value is -1.14. The third kappa shape index (κ3) is 2.43.